The van der Waals surface area contributed by atoms with Crippen molar-refractivity contribution < 1.29 is 5.11 Å². The molecular weight excluding hydrogens is 230 g/mol. The van der Waals surface area contributed by atoms with Crippen molar-refractivity contribution in [1.82, 2.24) is 5.32 Å². The Hall–Kier alpha value is -0.380. The van der Waals surface area contributed by atoms with Crippen LogP contribution in [0.15, 0.2) is 28.7 Å². The highest BCUT2D eigenvalue weighted by molar-refractivity contribution is 9.10. The van der Waals surface area contributed by atoms with Crippen molar-refractivity contribution in [1.29, 1.82) is 0 Å². The van der Waals surface area contributed by atoms with Crippen LogP contribution in [0.4, 0.5) is 0 Å². The lowest BCUT2D eigenvalue weighted by molar-refractivity contribution is 0.175. The monoisotopic (exact) mass is 243 g/mol. The fraction of sp³-hybridized carbons (Fsp3) is 0.400. The first kappa shape index (κ1) is 10.7. The van der Waals surface area contributed by atoms with E-state index in [1.54, 1.807) is 0 Å². The van der Waals surface area contributed by atoms with Crippen molar-refractivity contribution in [3.05, 3.63) is 34.3 Å². The van der Waals surface area contributed by atoms with Crippen LogP contribution in [0.2, 0.25) is 0 Å². The molecule has 2 N–H and O–H groups in total. The number of aliphatic hydroxyl groups excluding tert-OH is 1. The number of hydrogen-bond acceptors (Lipinski definition) is 2. The summed E-state index contributed by atoms with van der Waals surface area (Å²) in [7, 11) is 1.84. The van der Waals surface area contributed by atoms with Crippen LogP contribution in [0.3, 0.4) is 0 Å². The van der Waals surface area contributed by atoms with Gasteiger partial charge in [0.1, 0.15) is 0 Å². The smallest absolute Gasteiger partial charge is 0.0704 e. The summed E-state index contributed by atoms with van der Waals surface area (Å²) in [6.45, 7) is 0.635. The minimum atomic E-state index is -0.300. The first-order chi connectivity index (χ1) is 6.22. The molecule has 0 spiro atoms. The van der Waals surface area contributed by atoms with Crippen molar-refractivity contribution >= 4 is 15.9 Å². The molecule has 0 aliphatic heterocycles. The molecule has 2 nitrogen and oxygen atoms in total. The summed E-state index contributed by atoms with van der Waals surface area (Å²) < 4.78 is 1.07. The molecule has 0 aliphatic rings. The van der Waals surface area contributed by atoms with Crippen LogP contribution in [-0.4, -0.2) is 24.8 Å². The van der Waals surface area contributed by atoms with Gasteiger partial charge in [-0.2, -0.15) is 0 Å². The Morgan fingerprint density at radius 1 is 1.38 bits per heavy atom. The van der Waals surface area contributed by atoms with Gasteiger partial charge in [0.05, 0.1) is 6.10 Å². The summed E-state index contributed by atoms with van der Waals surface area (Å²) in [5.41, 5.74) is 1.16. The summed E-state index contributed by atoms with van der Waals surface area (Å²) in [5, 5.41) is 12.4. The summed E-state index contributed by atoms with van der Waals surface area (Å²) in [5.74, 6) is 0. The Morgan fingerprint density at radius 3 is 2.54 bits per heavy atom. The molecule has 1 rings (SSSR count). The lowest BCUT2D eigenvalue weighted by Crippen LogP contribution is -2.25. The highest BCUT2D eigenvalue weighted by atomic mass is 79.9. The third-order valence-electron chi connectivity index (χ3n) is 1.82. The molecule has 72 valence electrons. The van der Waals surface area contributed by atoms with Crippen molar-refractivity contribution in [2.24, 2.45) is 0 Å². The number of aliphatic hydroxyl groups is 1. The normalized spacial score (nSPS) is 12.8. The maximum absolute atomic E-state index is 9.50. The molecule has 1 aromatic carbocycles. The Bertz CT molecular complexity index is 248. The van der Waals surface area contributed by atoms with Gasteiger partial charge in [-0.1, -0.05) is 28.1 Å². The summed E-state index contributed by atoms with van der Waals surface area (Å²) in [4.78, 5) is 0. The van der Waals surface area contributed by atoms with E-state index in [-0.39, 0.29) is 6.10 Å². The Kier molecular flexibility index (Phi) is 4.42. The van der Waals surface area contributed by atoms with E-state index in [4.69, 9.17) is 0 Å². The largest absolute Gasteiger partial charge is 0.391 e. The zero-order valence-electron chi connectivity index (χ0n) is 7.63. The molecule has 0 heterocycles. The van der Waals surface area contributed by atoms with Crippen molar-refractivity contribution in [2.75, 3.05) is 13.6 Å². The van der Waals surface area contributed by atoms with Gasteiger partial charge in [0.25, 0.3) is 0 Å². The summed E-state index contributed by atoms with van der Waals surface area (Å²) in [6.07, 6.45) is 0.403. The molecule has 0 bridgehead atoms. The second-order valence-electron chi connectivity index (χ2n) is 3.04. The average molecular weight is 244 g/mol. The first-order valence-corrected chi connectivity index (χ1v) is 5.09. The topological polar surface area (TPSA) is 32.3 Å². The van der Waals surface area contributed by atoms with Crippen LogP contribution in [0, 0.1) is 0 Å². The number of halogens is 1. The van der Waals surface area contributed by atoms with E-state index in [1.165, 1.54) is 0 Å². The molecular formula is C10H14BrNO. The molecule has 0 amide bonds. The van der Waals surface area contributed by atoms with Gasteiger partial charge in [0.2, 0.25) is 0 Å². The maximum Gasteiger partial charge on any atom is 0.0704 e. The van der Waals surface area contributed by atoms with Crippen LogP contribution >= 0.6 is 15.9 Å². The second kappa shape index (κ2) is 5.37. The third kappa shape index (κ3) is 3.89. The minimum absolute atomic E-state index is 0.300. The third-order valence-corrected chi connectivity index (χ3v) is 2.35. The van der Waals surface area contributed by atoms with Crippen LogP contribution < -0.4 is 5.32 Å². The minimum Gasteiger partial charge on any atom is -0.391 e. The van der Waals surface area contributed by atoms with Crippen molar-refractivity contribution in [3.63, 3.8) is 0 Å². The second-order valence-corrected chi connectivity index (χ2v) is 3.96. The van der Waals surface area contributed by atoms with E-state index in [2.05, 4.69) is 21.2 Å². The molecule has 0 fully saturated rings. The fourth-order valence-corrected chi connectivity index (χ4v) is 1.46. The molecule has 1 atom stereocenters. The van der Waals surface area contributed by atoms with Gasteiger partial charge < -0.3 is 10.4 Å². The lowest BCUT2D eigenvalue weighted by Gasteiger charge is -2.09. The molecule has 1 aromatic rings. The van der Waals surface area contributed by atoms with Crippen molar-refractivity contribution in [3.8, 4) is 0 Å². The molecule has 13 heavy (non-hydrogen) atoms. The van der Waals surface area contributed by atoms with E-state index in [1.807, 2.05) is 31.3 Å². The van der Waals surface area contributed by atoms with Gasteiger partial charge in [0, 0.05) is 11.0 Å². The number of nitrogens with one attached hydrogen (secondary N) is 1. The SMILES string of the molecule is CNCC(O)Cc1ccc(Br)cc1. The van der Waals surface area contributed by atoms with Crippen LogP contribution in [0.1, 0.15) is 5.56 Å². The Morgan fingerprint density at radius 2 is 2.00 bits per heavy atom. The molecule has 0 saturated heterocycles. The first-order valence-electron chi connectivity index (χ1n) is 4.29. The quantitative estimate of drug-likeness (QED) is 0.842. The summed E-state index contributed by atoms with van der Waals surface area (Å²) in [6, 6.07) is 8.01. The average Bonchev–Trinajstić information content (AvgIpc) is 2.09. The van der Waals surface area contributed by atoms with Crippen LogP contribution in [0.25, 0.3) is 0 Å². The van der Waals surface area contributed by atoms with E-state index in [0.29, 0.717) is 13.0 Å². The van der Waals surface area contributed by atoms with E-state index < -0.39 is 0 Å². The van der Waals surface area contributed by atoms with Gasteiger partial charge in [-0.3, -0.25) is 0 Å². The Labute approximate surface area is 87.1 Å². The van der Waals surface area contributed by atoms with Gasteiger partial charge in [-0.05, 0) is 31.2 Å². The van der Waals surface area contributed by atoms with Gasteiger partial charge in [0.15, 0.2) is 0 Å². The van der Waals surface area contributed by atoms with Crippen molar-refractivity contribution in [2.45, 2.75) is 12.5 Å². The predicted octanol–water partition coefficient (Wildman–Crippen LogP) is 1.57. The fourth-order valence-electron chi connectivity index (χ4n) is 1.20. The standard InChI is InChI=1S/C10H14BrNO/c1-12-7-10(13)6-8-2-4-9(11)5-3-8/h2-5,10,12-13H,6-7H2,1H3. The number of rotatable bonds is 4. The zero-order chi connectivity index (χ0) is 9.68. The molecule has 0 radical (unpaired) electrons. The zero-order valence-corrected chi connectivity index (χ0v) is 9.21. The highest BCUT2D eigenvalue weighted by Crippen LogP contribution is 2.11. The van der Waals surface area contributed by atoms with E-state index in [0.717, 1.165) is 10.0 Å². The summed E-state index contributed by atoms with van der Waals surface area (Å²) >= 11 is 3.37. The Balaban J connectivity index is 2.49. The van der Waals surface area contributed by atoms with Gasteiger partial charge in [-0.25, -0.2) is 0 Å². The van der Waals surface area contributed by atoms with E-state index >= 15 is 0 Å². The maximum atomic E-state index is 9.50. The predicted molar refractivity (Wildman–Crippen MR) is 57.8 cm³/mol. The van der Waals surface area contributed by atoms with Gasteiger partial charge >= 0.3 is 0 Å². The number of likely N-dealkylation sites (N-methyl/N-ethyl adjacent to an activating group) is 1. The number of hydrogen-bond donors (Lipinski definition) is 2. The van der Waals surface area contributed by atoms with Gasteiger partial charge in [-0.15, -0.1) is 0 Å². The molecule has 0 saturated carbocycles. The number of benzene rings is 1. The van der Waals surface area contributed by atoms with E-state index in [9.17, 15) is 5.11 Å². The molecule has 3 heteroatoms. The van der Waals surface area contributed by atoms with Crippen LogP contribution in [0.5, 0.6) is 0 Å². The molecule has 0 aliphatic carbocycles. The molecule has 1 unspecified atom stereocenters. The lowest BCUT2D eigenvalue weighted by atomic mass is 10.1. The highest BCUT2D eigenvalue weighted by Gasteiger charge is 2.03. The molecule has 0 aromatic heterocycles. The van der Waals surface area contributed by atoms with Crippen LogP contribution in [-0.2, 0) is 6.42 Å².